The minimum Gasteiger partial charge on any atom is -0.319 e. The Morgan fingerprint density at radius 3 is 1.94 bits per heavy atom. The molecular weight excluding hydrogens is 273 g/mol. The Labute approximate surface area is 94.8 Å². The maximum Gasteiger partial charge on any atom is 0.412 e. The van der Waals surface area contributed by atoms with Crippen LogP contribution >= 0.6 is 7.37 Å². The molecule has 0 saturated carbocycles. The molecule has 0 spiro atoms. The van der Waals surface area contributed by atoms with Gasteiger partial charge in [0.2, 0.25) is 7.37 Å². The van der Waals surface area contributed by atoms with Crippen LogP contribution in [0.15, 0.2) is 0 Å². The third-order valence-corrected chi connectivity index (χ3v) is 4.17. The normalized spacial score (nSPS) is 16.9. The van der Waals surface area contributed by atoms with E-state index < -0.39 is 38.7 Å². The molecule has 0 amide bonds. The molecule has 0 aromatic heterocycles. The van der Waals surface area contributed by atoms with Crippen LogP contribution in [0.3, 0.4) is 0 Å². The summed E-state index contributed by atoms with van der Waals surface area (Å²) in [6.07, 6.45) is -11.3. The third-order valence-electron chi connectivity index (χ3n) is 1.74. The van der Waals surface area contributed by atoms with Gasteiger partial charge in [0.25, 0.3) is 0 Å². The van der Waals surface area contributed by atoms with E-state index in [9.17, 15) is 30.9 Å². The van der Waals surface area contributed by atoms with Crippen LogP contribution in [-0.2, 0) is 9.09 Å². The maximum atomic E-state index is 12.1. The molecule has 0 radical (unpaired) electrons. The number of unbranched alkanes of at least 4 members (excludes halogenated alkanes) is 1. The van der Waals surface area contributed by atoms with Gasteiger partial charge >= 0.3 is 12.4 Å². The van der Waals surface area contributed by atoms with E-state index in [0.29, 0.717) is 6.42 Å². The zero-order valence-corrected chi connectivity index (χ0v) is 9.96. The van der Waals surface area contributed by atoms with E-state index >= 15 is 0 Å². The van der Waals surface area contributed by atoms with Gasteiger partial charge in [-0.25, -0.2) is 0 Å². The zero-order chi connectivity index (χ0) is 13.7. The lowest BCUT2D eigenvalue weighted by Crippen LogP contribution is -2.21. The summed E-state index contributed by atoms with van der Waals surface area (Å²) in [6.45, 7) is -0.286. The first-order valence-electron chi connectivity index (χ1n) is 4.83. The van der Waals surface area contributed by atoms with Crippen molar-refractivity contribution in [3.8, 4) is 0 Å². The highest BCUT2D eigenvalue weighted by molar-refractivity contribution is 7.59. The van der Waals surface area contributed by atoms with Crippen LogP contribution < -0.4 is 0 Å². The number of rotatable bonds is 6. The lowest BCUT2D eigenvalue weighted by molar-refractivity contribution is -0.155. The molecule has 0 heterocycles. The fourth-order valence-electron chi connectivity index (χ4n) is 1.05. The van der Waals surface area contributed by atoms with Gasteiger partial charge in [0, 0.05) is 6.16 Å². The summed E-state index contributed by atoms with van der Waals surface area (Å²) in [7, 11) is -4.30. The molecule has 0 aliphatic heterocycles. The third kappa shape index (κ3) is 9.47. The maximum absolute atomic E-state index is 12.1. The second-order valence-electron chi connectivity index (χ2n) is 3.55. The molecule has 0 saturated heterocycles. The van der Waals surface area contributed by atoms with Crippen LogP contribution in [0.1, 0.15) is 19.8 Å². The fourth-order valence-corrected chi connectivity index (χ4v) is 3.16. The SMILES string of the molecule is CCCCP(=O)(CC(F)(F)F)OCC(F)(F)F. The van der Waals surface area contributed by atoms with Crippen LogP contribution in [0.4, 0.5) is 26.3 Å². The summed E-state index contributed by atoms with van der Waals surface area (Å²) in [5.41, 5.74) is 0. The highest BCUT2D eigenvalue weighted by atomic mass is 31.2. The number of alkyl halides is 6. The molecule has 9 heteroatoms. The first kappa shape index (κ1) is 16.8. The molecular formula is C8H13F6O2P. The predicted molar refractivity (Wildman–Crippen MR) is 50.3 cm³/mol. The summed E-state index contributed by atoms with van der Waals surface area (Å²) >= 11 is 0. The van der Waals surface area contributed by atoms with Gasteiger partial charge in [-0.3, -0.25) is 4.57 Å². The molecule has 17 heavy (non-hydrogen) atoms. The molecule has 2 nitrogen and oxygen atoms in total. The van der Waals surface area contributed by atoms with Gasteiger partial charge in [-0.05, 0) is 6.42 Å². The quantitative estimate of drug-likeness (QED) is 0.540. The Kier molecular flexibility index (Phi) is 6.01. The zero-order valence-electron chi connectivity index (χ0n) is 9.07. The highest BCUT2D eigenvalue weighted by Gasteiger charge is 2.41. The van der Waals surface area contributed by atoms with Crippen LogP contribution in [0.2, 0.25) is 0 Å². The van der Waals surface area contributed by atoms with E-state index in [1.165, 1.54) is 0 Å². The average molecular weight is 286 g/mol. The van der Waals surface area contributed by atoms with Crippen LogP contribution in [0.5, 0.6) is 0 Å². The fraction of sp³-hybridized carbons (Fsp3) is 1.00. The van der Waals surface area contributed by atoms with Gasteiger partial charge in [0.1, 0.15) is 12.8 Å². The molecule has 1 unspecified atom stereocenters. The first-order valence-corrected chi connectivity index (χ1v) is 6.83. The summed E-state index contributed by atoms with van der Waals surface area (Å²) in [6, 6.07) is 0. The van der Waals surface area contributed by atoms with Gasteiger partial charge in [0.15, 0.2) is 0 Å². The van der Waals surface area contributed by atoms with Crippen molar-refractivity contribution in [3.63, 3.8) is 0 Å². The van der Waals surface area contributed by atoms with E-state index in [1.54, 1.807) is 6.92 Å². The first-order chi connectivity index (χ1) is 7.47. The molecule has 0 aromatic rings. The van der Waals surface area contributed by atoms with Crippen LogP contribution in [-0.4, -0.2) is 31.3 Å². The highest BCUT2D eigenvalue weighted by Crippen LogP contribution is 2.52. The van der Waals surface area contributed by atoms with Gasteiger partial charge in [0.05, 0.1) is 0 Å². The summed E-state index contributed by atoms with van der Waals surface area (Å²) in [5, 5.41) is 0. The number of hydrogen-bond donors (Lipinski definition) is 0. The second-order valence-corrected chi connectivity index (χ2v) is 6.20. The van der Waals surface area contributed by atoms with Gasteiger partial charge in [-0.15, -0.1) is 0 Å². The molecule has 0 fully saturated rings. The number of halogens is 6. The topological polar surface area (TPSA) is 26.3 Å². The smallest absolute Gasteiger partial charge is 0.319 e. The van der Waals surface area contributed by atoms with E-state index in [-0.39, 0.29) is 6.42 Å². The van der Waals surface area contributed by atoms with Gasteiger partial charge in [-0.2, -0.15) is 26.3 Å². The van der Waals surface area contributed by atoms with Crippen LogP contribution in [0.25, 0.3) is 0 Å². The van der Waals surface area contributed by atoms with Crippen molar-refractivity contribution in [2.75, 3.05) is 18.9 Å². The Balaban J connectivity index is 4.56. The largest absolute Gasteiger partial charge is 0.412 e. The van der Waals surface area contributed by atoms with E-state index in [2.05, 4.69) is 4.52 Å². The van der Waals surface area contributed by atoms with Crippen LogP contribution in [0, 0.1) is 0 Å². The minimum absolute atomic E-state index is 0.130. The Morgan fingerprint density at radius 1 is 1.06 bits per heavy atom. The second kappa shape index (κ2) is 6.09. The monoisotopic (exact) mass is 286 g/mol. The van der Waals surface area contributed by atoms with Gasteiger partial charge < -0.3 is 4.52 Å². The lowest BCUT2D eigenvalue weighted by atomic mass is 10.4. The Morgan fingerprint density at radius 2 is 1.59 bits per heavy atom. The van der Waals surface area contributed by atoms with Crippen molar-refractivity contribution >= 4 is 7.37 Å². The van der Waals surface area contributed by atoms with Crippen molar-refractivity contribution in [1.29, 1.82) is 0 Å². The van der Waals surface area contributed by atoms with Gasteiger partial charge in [-0.1, -0.05) is 13.3 Å². The molecule has 0 aliphatic rings. The molecule has 0 aromatic carbocycles. The summed E-state index contributed by atoms with van der Waals surface area (Å²) in [4.78, 5) is 0. The standard InChI is InChI=1S/C8H13F6O2P/c1-2-3-4-17(15,6-8(12,13)14)16-5-7(9,10)11/h2-6H2,1H3. The molecule has 0 aliphatic carbocycles. The summed E-state index contributed by atoms with van der Waals surface area (Å²) in [5.74, 6) is 0. The molecule has 0 bridgehead atoms. The van der Waals surface area contributed by atoms with E-state index in [0.717, 1.165) is 0 Å². The van der Waals surface area contributed by atoms with E-state index in [1.807, 2.05) is 0 Å². The average Bonchev–Trinajstić information content (AvgIpc) is 2.08. The molecule has 0 rings (SSSR count). The Bertz CT molecular complexity index is 272. The lowest BCUT2D eigenvalue weighted by Gasteiger charge is -2.20. The van der Waals surface area contributed by atoms with Crippen molar-refractivity contribution in [1.82, 2.24) is 0 Å². The Hall–Kier alpha value is -0.230. The predicted octanol–water partition coefficient (Wildman–Crippen LogP) is 4.21. The summed E-state index contributed by atoms with van der Waals surface area (Å²) < 4.78 is 87.2. The molecule has 0 N–H and O–H groups in total. The van der Waals surface area contributed by atoms with Crippen molar-refractivity contribution in [3.05, 3.63) is 0 Å². The van der Waals surface area contributed by atoms with Crippen molar-refractivity contribution in [2.24, 2.45) is 0 Å². The molecule has 1 atom stereocenters. The van der Waals surface area contributed by atoms with Crippen molar-refractivity contribution < 1.29 is 35.4 Å². The molecule has 104 valence electrons. The van der Waals surface area contributed by atoms with Crippen molar-refractivity contribution in [2.45, 2.75) is 32.1 Å². The number of hydrogen-bond acceptors (Lipinski definition) is 2. The minimum atomic E-state index is -4.80. The van der Waals surface area contributed by atoms with E-state index in [4.69, 9.17) is 0 Å².